The maximum Gasteiger partial charge on any atom is 0.246 e. The van der Waals surface area contributed by atoms with E-state index in [9.17, 15) is 13.6 Å². The normalized spacial score (nSPS) is 10.8. The van der Waals surface area contributed by atoms with Crippen LogP contribution >= 0.6 is 0 Å². The van der Waals surface area contributed by atoms with Gasteiger partial charge in [0, 0.05) is 24.7 Å². The van der Waals surface area contributed by atoms with E-state index < -0.39 is 11.6 Å². The Morgan fingerprint density at radius 1 is 1.08 bits per heavy atom. The molecule has 0 N–H and O–H groups in total. The molecule has 4 nitrogen and oxygen atoms in total. The molecule has 2 aromatic rings. The molecule has 0 atom stereocenters. The number of likely N-dealkylation sites (N-methyl/N-ethyl adjacent to an activating group) is 1. The first-order valence-electron chi connectivity index (χ1n) is 8.12. The van der Waals surface area contributed by atoms with Crippen LogP contribution in [0.25, 0.3) is 6.08 Å². The number of hydrogen-bond acceptors (Lipinski definition) is 3. The van der Waals surface area contributed by atoms with Gasteiger partial charge in [0.1, 0.15) is 11.6 Å². The topological polar surface area (TPSA) is 38.8 Å². The van der Waals surface area contributed by atoms with Crippen LogP contribution < -0.4 is 9.47 Å². The van der Waals surface area contributed by atoms with Gasteiger partial charge in [-0.05, 0) is 42.8 Å². The molecular formula is C20H21F2NO3. The molecule has 0 aliphatic carbocycles. The minimum absolute atomic E-state index is 0.233. The number of ether oxygens (including phenoxy) is 2. The molecule has 0 aromatic heterocycles. The van der Waals surface area contributed by atoms with Gasteiger partial charge in [-0.3, -0.25) is 4.79 Å². The maximum atomic E-state index is 13.6. The van der Waals surface area contributed by atoms with E-state index in [-0.39, 0.29) is 11.5 Å². The number of nitrogens with zero attached hydrogens (tertiary/aromatic N) is 1. The minimum atomic E-state index is -0.711. The lowest BCUT2D eigenvalue weighted by Gasteiger charge is -2.20. The first-order valence-corrected chi connectivity index (χ1v) is 8.12. The number of benzene rings is 2. The van der Waals surface area contributed by atoms with E-state index in [2.05, 4.69) is 0 Å². The second kappa shape index (κ2) is 8.99. The summed E-state index contributed by atoms with van der Waals surface area (Å²) in [6.07, 6.45) is 2.33. The van der Waals surface area contributed by atoms with Crippen molar-refractivity contribution in [3.05, 3.63) is 65.2 Å². The second-order valence-corrected chi connectivity index (χ2v) is 5.51. The van der Waals surface area contributed by atoms with Gasteiger partial charge >= 0.3 is 0 Å². The molecule has 0 bridgehead atoms. The lowest BCUT2D eigenvalue weighted by atomic mass is 10.1. The van der Waals surface area contributed by atoms with Crippen LogP contribution in [0.4, 0.5) is 8.78 Å². The predicted octanol–water partition coefficient (Wildman–Crippen LogP) is 4.04. The van der Waals surface area contributed by atoms with Crippen LogP contribution in [0.2, 0.25) is 0 Å². The van der Waals surface area contributed by atoms with Gasteiger partial charge in [0.15, 0.2) is 11.5 Å². The summed E-state index contributed by atoms with van der Waals surface area (Å²) >= 11 is 0. The highest BCUT2D eigenvalue weighted by molar-refractivity contribution is 5.91. The number of methoxy groups -OCH3 is 2. The molecule has 0 aliphatic rings. The molecule has 0 spiro atoms. The van der Waals surface area contributed by atoms with E-state index in [0.29, 0.717) is 24.6 Å². The number of carbonyl (C=O) groups is 1. The zero-order valence-corrected chi connectivity index (χ0v) is 15.0. The molecule has 0 fully saturated rings. The minimum Gasteiger partial charge on any atom is -0.493 e. The number of rotatable bonds is 7. The zero-order chi connectivity index (χ0) is 19.1. The van der Waals surface area contributed by atoms with Crippen molar-refractivity contribution in [2.24, 2.45) is 0 Å². The largest absolute Gasteiger partial charge is 0.493 e. The molecule has 0 saturated heterocycles. The zero-order valence-electron chi connectivity index (χ0n) is 15.0. The van der Waals surface area contributed by atoms with Crippen molar-refractivity contribution in [2.75, 3.05) is 20.8 Å². The summed E-state index contributed by atoms with van der Waals surface area (Å²) in [4.78, 5) is 13.9. The third-order valence-corrected chi connectivity index (χ3v) is 3.91. The predicted molar refractivity (Wildman–Crippen MR) is 96.0 cm³/mol. The average Bonchev–Trinajstić information content (AvgIpc) is 2.65. The standard InChI is InChI=1S/C20H21F2NO3/c1-4-23(13-14-8-10-18(25-2)19(12-14)26-3)20(24)11-9-15-16(21)6-5-7-17(15)22/h5-12H,4,13H2,1-3H3. The van der Waals surface area contributed by atoms with Crippen molar-refractivity contribution in [1.82, 2.24) is 4.90 Å². The Morgan fingerprint density at radius 3 is 2.31 bits per heavy atom. The van der Waals surface area contributed by atoms with Crippen molar-refractivity contribution in [2.45, 2.75) is 13.5 Å². The van der Waals surface area contributed by atoms with Crippen LogP contribution in [-0.2, 0) is 11.3 Å². The van der Waals surface area contributed by atoms with Gasteiger partial charge in [-0.2, -0.15) is 0 Å². The van der Waals surface area contributed by atoms with Gasteiger partial charge in [0.05, 0.1) is 14.2 Å². The maximum absolute atomic E-state index is 13.6. The lowest BCUT2D eigenvalue weighted by Crippen LogP contribution is -2.28. The van der Waals surface area contributed by atoms with Crippen LogP contribution in [0.5, 0.6) is 11.5 Å². The summed E-state index contributed by atoms with van der Waals surface area (Å²) < 4.78 is 37.7. The highest BCUT2D eigenvalue weighted by Gasteiger charge is 2.12. The van der Waals surface area contributed by atoms with Gasteiger partial charge in [-0.1, -0.05) is 12.1 Å². The second-order valence-electron chi connectivity index (χ2n) is 5.51. The summed E-state index contributed by atoms with van der Waals surface area (Å²) in [5.41, 5.74) is 0.617. The molecule has 26 heavy (non-hydrogen) atoms. The van der Waals surface area contributed by atoms with Crippen molar-refractivity contribution in [3.8, 4) is 11.5 Å². The molecule has 2 rings (SSSR count). The van der Waals surface area contributed by atoms with Crippen LogP contribution in [-0.4, -0.2) is 31.6 Å². The number of hydrogen-bond donors (Lipinski definition) is 0. The fourth-order valence-electron chi connectivity index (χ4n) is 2.47. The smallest absolute Gasteiger partial charge is 0.246 e. The van der Waals surface area contributed by atoms with E-state index in [1.165, 1.54) is 19.3 Å². The highest BCUT2D eigenvalue weighted by Crippen LogP contribution is 2.28. The Hall–Kier alpha value is -2.89. The number of carbonyl (C=O) groups excluding carboxylic acids is 1. The van der Waals surface area contributed by atoms with E-state index in [4.69, 9.17) is 9.47 Å². The number of amides is 1. The van der Waals surface area contributed by atoms with Gasteiger partial charge < -0.3 is 14.4 Å². The third kappa shape index (κ3) is 4.59. The van der Waals surface area contributed by atoms with E-state index in [1.54, 1.807) is 24.1 Å². The van der Waals surface area contributed by atoms with Crippen molar-refractivity contribution >= 4 is 12.0 Å². The number of halogens is 2. The Kier molecular flexibility index (Phi) is 6.72. The van der Waals surface area contributed by atoms with Crippen LogP contribution in [0.15, 0.2) is 42.5 Å². The van der Waals surface area contributed by atoms with Crippen molar-refractivity contribution in [1.29, 1.82) is 0 Å². The van der Waals surface area contributed by atoms with Crippen LogP contribution in [0, 0.1) is 11.6 Å². The summed E-state index contributed by atoms with van der Waals surface area (Å²) in [7, 11) is 3.09. The van der Waals surface area contributed by atoms with Gasteiger partial charge in [0.25, 0.3) is 0 Å². The Balaban J connectivity index is 2.15. The Morgan fingerprint density at radius 2 is 1.73 bits per heavy atom. The summed E-state index contributed by atoms with van der Waals surface area (Å²) in [5, 5.41) is 0. The fourth-order valence-corrected chi connectivity index (χ4v) is 2.47. The molecule has 0 heterocycles. The summed E-state index contributed by atoms with van der Waals surface area (Å²) in [6.45, 7) is 2.60. The lowest BCUT2D eigenvalue weighted by molar-refractivity contribution is -0.126. The highest BCUT2D eigenvalue weighted by atomic mass is 19.1. The van der Waals surface area contributed by atoms with Gasteiger partial charge in [-0.25, -0.2) is 8.78 Å². The van der Waals surface area contributed by atoms with E-state index in [0.717, 1.165) is 23.8 Å². The molecule has 2 aromatic carbocycles. The summed E-state index contributed by atoms with van der Waals surface area (Å²) in [6, 6.07) is 8.95. The monoisotopic (exact) mass is 361 g/mol. The molecule has 138 valence electrons. The molecule has 0 unspecified atom stereocenters. The molecule has 0 aliphatic heterocycles. The van der Waals surface area contributed by atoms with Gasteiger partial charge in [-0.15, -0.1) is 0 Å². The van der Waals surface area contributed by atoms with Crippen LogP contribution in [0.1, 0.15) is 18.1 Å². The first kappa shape index (κ1) is 19.4. The SMILES string of the molecule is CCN(Cc1ccc(OC)c(OC)c1)C(=O)C=Cc1c(F)cccc1F. The Labute approximate surface area is 151 Å². The quantitative estimate of drug-likeness (QED) is 0.699. The molecular weight excluding hydrogens is 340 g/mol. The fraction of sp³-hybridized carbons (Fsp3) is 0.250. The summed E-state index contributed by atoms with van der Waals surface area (Å²) in [5.74, 6) is -0.600. The van der Waals surface area contributed by atoms with Gasteiger partial charge in [0.2, 0.25) is 5.91 Å². The molecule has 0 saturated carbocycles. The Bertz CT molecular complexity index is 785. The molecule has 1 amide bonds. The van der Waals surface area contributed by atoms with Crippen molar-refractivity contribution in [3.63, 3.8) is 0 Å². The van der Waals surface area contributed by atoms with Crippen molar-refractivity contribution < 1.29 is 23.0 Å². The third-order valence-electron chi connectivity index (χ3n) is 3.91. The first-order chi connectivity index (χ1) is 12.5. The average molecular weight is 361 g/mol. The van der Waals surface area contributed by atoms with E-state index in [1.807, 2.05) is 13.0 Å². The molecule has 6 heteroatoms. The van der Waals surface area contributed by atoms with E-state index >= 15 is 0 Å². The molecule has 0 radical (unpaired) electrons. The van der Waals surface area contributed by atoms with Crippen LogP contribution in [0.3, 0.4) is 0 Å².